The van der Waals surface area contributed by atoms with Crippen molar-refractivity contribution in [3.63, 3.8) is 0 Å². The van der Waals surface area contributed by atoms with E-state index >= 15 is 0 Å². The summed E-state index contributed by atoms with van der Waals surface area (Å²) in [5, 5.41) is 3.66. The van der Waals surface area contributed by atoms with Crippen LogP contribution >= 0.6 is 24.0 Å². The molecule has 4 nitrogen and oxygen atoms in total. The van der Waals surface area contributed by atoms with Gasteiger partial charge in [-0.1, -0.05) is 11.6 Å². The molecule has 20 heavy (non-hydrogen) atoms. The van der Waals surface area contributed by atoms with E-state index in [1.165, 1.54) is 0 Å². The number of sulfonamides is 1. The fourth-order valence-corrected chi connectivity index (χ4v) is 4.48. The van der Waals surface area contributed by atoms with Crippen molar-refractivity contribution in [1.82, 2.24) is 9.62 Å². The van der Waals surface area contributed by atoms with Gasteiger partial charge in [-0.25, -0.2) is 8.42 Å². The molecule has 0 bridgehead atoms. The van der Waals surface area contributed by atoms with Crippen molar-refractivity contribution >= 4 is 34.0 Å². The first kappa shape index (κ1) is 17.7. The van der Waals surface area contributed by atoms with Gasteiger partial charge in [0.2, 0.25) is 10.0 Å². The SMILES string of the molecule is CNCC1CCN(S(=O)(=O)c2ccc(Cl)cc2C)C1.Cl. The fourth-order valence-electron chi connectivity index (χ4n) is 2.51. The van der Waals surface area contributed by atoms with Gasteiger partial charge in [-0.05, 0) is 56.6 Å². The molecule has 0 aliphatic carbocycles. The van der Waals surface area contributed by atoms with E-state index in [0.717, 1.165) is 13.0 Å². The molecule has 0 saturated carbocycles. The smallest absolute Gasteiger partial charge is 0.243 e. The van der Waals surface area contributed by atoms with Crippen LogP contribution in [-0.2, 0) is 10.0 Å². The highest BCUT2D eigenvalue weighted by Crippen LogP contribution is 2.27. The molecular weight excluding hydrogens is 319 g/mol. The summed E-state index contributed by atoms with van der Waals surface area (Å²) in [6.45, 7) is 3.81. The summed E-state index contributed by atoms with van der Waals surface area (Å²) in [7, 11) is -1.50. The van der Waals surface area contributed by atoms with E-state index < -0.39 is 10.0 Å². The van der Waals surface area contributed by atoms with Gasteiger partial charge in [0.1, 0.15) is 0 Å². The first-order valence-electron chi connectivity index (χ1n) is 6.36. The molecule has 1 aromatic carbocycles. The first-order chi connectivity index (χ1) is 8.95. The standard InChI is InChI=1S/C13H19ClN2O2S.ClH/c1-10-7-12(14)3-4-13(10)19(17,18)16-6-5-11(9-16)8-15-2;/h3-4,7,11,15H,5-6,8-9H2,1-2H3;1H. The number of nitrogens with one attached hydrogen (secondary N) is 1. The number of benzene rings is 1. The lowest BCUT2D eigenvalue weighted by Gasteiger charge is -2.18. The van der Waals surface area contributed by atoms with Crippen LogP contribution in [0.15, 0.2) is 23.1 Å². The fraction of sp³-hybridized carbons (Fsp3) is 0.538. The predicted octanol–water partition coefficient (Wildman–Crippen LogP) is 2.30. The highest BCUT2D eigenvalue weighted by Gasteiger charge is 2.32. The summed E-state index contributed by atoms with van der Waals surface area (Å²) in [6.07, 6.45) is 0.909. The molecule has 1 fully saturated rings. The van der Waals surface area contributed by atoms with E-state index in [-0.39, 0.29) is 12.4 Å². The molecule has 1 saturated heterocycles. The minimum Gasteiger partial charge on any atom is -0.319 e. The average Bonchev–Trinajstić information content (AvgIpc) is 2.78. The Morgan fingerprint density at radius 1 is 1.45 bits per heavy atom. The molecular formula is C13H20Cl2N2O2S. The average molecular weight is 339 g/mol. The Kier molecular flexibility index (Phi) is 6.28. The zero-order valence-corrected chi connectivity index (χ0v) is 14.0. The third-order valence-corrected chi connectivity index (χ3v) is 5.76. The van der Waals surface area contributed by atoms with Gasteiger partial charge in [-0.3, -0.25) is 0 Å². The van der Waals surface area contributed by atoms with E-state index in [1.807, 2.05) is 7.05 Å². The van der Waals surface area contributed by atoms with E-state index in [0.29, 0.717) is 34.5 Å². The second-order valence-electron chi connectivity index (χ2n) is 4.99. The van der Waals surface area contributed by atoms with Crippen LogP contribution in [-0.4, -0.2) is 39.4 Å². The summed E-state index contributed by atoms with van der Waals surface area (Å²) >= 11 is 5.87. The highest BCUT2D eigenvalue weighted by atomic mass is 35.5. The van der Waals surface area contributed by atoms with Crippen LogP contribution in [0.5, 0.6) is 0 Å². The van der Waals surface area contributed by atoms with Crippen molar-refractivity contribution < 1.29 is 8.42 Å². The number of aryl methyl sites for hydroxylation is 1. The topological polar surface area (TPSA) is 49.4 Å². The molecule has 0 radical (unpaired) electrons. The first-order valence-corrected chi connectivity index (χ1v) is 8.18. The molecule has 1 atom stereocenters. The maximum atomic E-state index is 12.6. The van der Waals surface area contributed by atoms with Gasteiger partial charge in [0.05, 0.1) is 4.90 Å². The normalized spacial score (nSPS) is 19.9. The Bertz CT molecular complexity index is 563. The number of hydrogen-bond acceptors (Lipinski definition) is 3. The Balaban J connectivity index is 0.00000200. The van der Waals surface area contributed by atoms with Crippen LogP contribution in [0, 0.1) is 12.8 Å². The van der Waals surface area contributed by atoms with Crippen molar-refractivity contribution in [2.45, 2.75) is 18.2 Å². The van der Waals surface area contributed by atoms with Crippen molar-refractivity contribution in [1.29, 1.82) is 0 Å². The summed E-state index contributed by atoms with van der Waals surface area (Å²) in [5.74, 6) is 0.396. The van der Waals surface area contributed by atoms with E-state index in [9.17, 15) is 8.42 Å². The Hall–Kier alpha value is -0.330. The largest absolute Gasteiger partial charge is 0.319 e. The molecule has 1 aliphatic heterocycles. The lowest BCUT2D eigenvalue weighted by atomic mass is 10.1. The van der Waals surface area contributed by atoms with Crippen molar-refractivity contribution in [3.8, 4) is 0 Å². The number of hydrogen-bond donors (Lipinski definition) is 1. The van der Waals surface area contributed by atoms with Gasteiger partial charge in [0, 0.05) is 18.1 Å². The third kappa shape index (κ3) is 3.65. The zero-order chi connectivity index (χ0) is 14.0. The zero-order valence-electron chi connectivity index (χ0n) is 11.6. The number of halogens is 2. The number of nitrogens with zero attached hydrogens (tertiary/aromatic N) is 1. The molecule has 0 amide bonds. The van der Waals surface area contributed by atoms with E-state index in [2.05, 4.69) is 5.32 Å². The molecule has 114 valence electrons. The molecule has 1 aliphatic rings. The Morgan fingerprint density at radius 3 is 2.75 bits per heavy atom. The third-order valence-electron chi connectivity index (χ3n) is 3.50. The molecule has 1 unspecified atom stereocenters. The lowest BCUT2D eigenvalue weighted by molar-refractivity contribution is 0.451. The van der Waals surface area contributed by atoms with E-state index in [4.69, 9.17) is 11.6 Å². The molecule has 2 rings (SSSR count). The van der Waals surface area contributed by atoms with Gasteiger partial charge < -0.3 is 5.32 Å². The second-order valence-corrected chi connectivity index (χ2v) is 7.33. The highest BCUT2D eigenvalue weighted by molar-refractivity contribution is 7.89. The molecule has 0 spiro atoms. The van der Waals surface area contributed by atoms with Crippen LogP contribution in [0.4, 0.5) is 0 Å². The van der Waals surface area contributed by atoms with Gasteiger partial charge in [-0.2, -0.15) is 4.31 Å². The predicted molar refractivity (Wildman–Crippen MR) is 84.2 cm³/mol. The van der Waals surface area contributed by atoms with Gasteiger partial charge in [0.15, 0.2) is 0 Å². The van der Waals surface area contributed by atoms with Crippen LogP contribution < -0.4 is 5.32 Å². The maximum absolute atomic E-state index is 12.6. The Labute approximate surface area is 132 Å². The summed E-state index contributed by atoms with van der Waals surface area (Å²) in [6, 6.07) is 4.91. The van der Waals surface area contributed by atoms with Gasteiger partial charge >= 0.3 is 0 Å². The van der Waals surface area contributed by atoms with Crippen molar-refractivity contribution in [2.75, 3.05) is 26.7 Å². The van der Waals surface area contributed by atoms with Crippen molar-refractivity contribution in [3.05, 3.63) is 28.8 Å². The second kappa shape index (κ2) is 7.09. The summed E-state index contributed by atoms with van der Waals surface area (Å²) in [5.41, 5.74) is 0.699. The monoisotopic (exact) mass is 338 g/mol. The number of rotatable bonds is 4. The molecule has 7 heteroatoms. The lowest BCUT2D eigenvalue weighted by Crippen LogP contribution is -2.30. The minimum atomic E-state index is -3.39. The van der Waals surface area contributed by atoms with Crippen LogP contribution in [0.1, 0.15) is 12.0 Å². The molecule has 0 aromatic heterocycles. The molecule has 1 heterocycles. The Morgan fingerprint density at radius 2 is 2.15 bits per heavy atom. The van der Waals surface area contributed by atoms with Crippen molar-refractivity contribution in [2.24, 2.45) is 5.92 Å². The van der Waals surface area contributed by atoms with Crippen LogP contribution in [0.25, 0.3) is 0 Å². The summed E-state index contributed by atoms with van der Waals surface area (Å²) in [4.78, 5) is 0.363. The quantitative estimate of drug-likeness (QED) is 0.916. The maximum Gasteiger partial charge on any atom is 0.243 e. The van der Waals surface area contributed by atoms with Gasteiger partial charge in [0.25, 0.3) is 0 Å². The van der Waals surface area contributed by atoms with Gasteiger partial charge in [-0.15, -0.1) is 12.4 Å². The van der Waals surface area contributed by atoms with E-state index in [1.54, 1.807) is 29.4 Å². The molecule has 1 aromatic rings. The van der Waals surface area contributed by atoms with Crippen LogP contribution in [0.3, 0.4) is 0 Å². The minimum absolute atomic E-state index is 0. The molecule has 1 N–H and O–H groups in total. The summed E-state index contributed by atoms with van der Waals surface area (Å²) < 4.78 is 26.7. The van der Waals surface area contributed by atoms with Crippen LogP contribution in [0.2, 0.25) is 5.02 Å².